The third-order valence-corrected chi connectivity index (χ3v) is 6.34. The number of aryl methyl sites for hydroxylation is 1. The maximum atomic E-state index is 12.6. The van der Waals surface area contributed by atoms with Crippen LogP contribution in [0, 0.1) is 6.92 Å². The van der Waals surface area contributed by atoms with Crippen LogP contribution in [-0.2, 0) is 23.9 Å². The normalized spacial score (nSPS) is 21.9. The van der Waals surface area contributed by atoms with Crippen LogP contribution in [0.15, 0.2) is 17.5 Å². The number of nitrogens with one attached hydrogen (secondary N) is 1. The number of hydrogen-bond acceptors (Lipinski definition) is 7. The number of aromatic nitrogens is 2. The molecule has 3 atom stereocenters. The van der Waals surface area contributed by atoms with Crippen LogP contribution in [0.3, 0.4) is 0 Å². The number of fused-ring (bicyclic) bond motifs is 1. The van der Waals surface area contributed by atoms with Gasteiger partial charge in [0.05, 0.1) is 10.7 Å². The summed E-state index contributed by atoms with van der Waals surface area (Å²) in [4.78, 5) is 49.0. The van der Waals surface area contributed by atoms with Crippen molar-refractivity contribution in [3.05, 3.63) is 28.2 Å². The largest absolute Gasteiger partial charge is 0.477 e. The van der Waals surface area contributed by atoms with Crippen LogP contribution >= 0.6 is 23.4 Å². The van der Waals surface area contributed by atoms with E-state index in [2.05, 4.69) is 10.4 Å². The Hall–Kier alpha value is -2.53. The molecular formula is C17H19ClN4O6S. The standard InChI is InChI=1S/C17H19ClN4O6S/c1-7-11(18)4-21(20-7)8(2)14(24)19-12-15(25)22-13(17(26)27)10(5-28-9(3)23)6-29-16(12)22/h4,8,12,16H,5-6H2,1-3H3,(H,19,24)(H,26,27)/t8-,12+,16-/m1/s1. The first kappa shape index (κ1) is 21.2. The molecule has 0 unspecified atom stereocenters. The van der Waals surface area contributed by atoms with Crippen molar-refractivity contribution < 1.29 is 29.0 Å². The molecule has 2 aliphatic rings. The van der Waals surface area contributed by atoms with E-state index in [4.69, 9.17) is 16.3 Å². The first-order valence-electron chi connectivity index (χ1n) is 8.66. The van der Waals surface area contributed by atoms with Gasteiger partial charge in [-0.2, -0.15) is 5.10 Å². The zero-order chi connectivity index (χ0) is 21.5. The van der Waals surface area contributed by atoms with Gasteiger partial charge in [-0.1, -0.05) is 11.6 Å². The summed E-state index contributed by atoms with van der Waals surface area (Å²) in [6.45, 7) is 4.35. The van der Waals surface area contributed by atoms with Crippen molar-refractivity contribution in [2.75, 3.05) is 12.4 Å². The second-order valence-electron chi connectivity index (χ2n) is 6.65. The number of ether oxygens (including phenoxy) is 1. The Morgan fingerprint density at radius 1 is 1.48 bits per heavy atom. The number of nitrogens with zero attached hydrogens (tertiary/aromatic N) is 3. The molecule has 12 heteroatoms. The van der Waals surface area contributed by atoms with Crippen molar-refractivity contribution in [2.24, 2.45) is 0 Å². The predicted molar refractivity (Wildman–Crippen MR) is 103 cm³/mol. The van der Waals surface area contributed by atoms with Gasteiger partial charge in [0.15, 0.2) is 0 Å². The van der Waals surface area contributed by atoms with E-state index >= 15 is 0 Å². The second kappa shape index (κ2) is 8.07. The molecule has 0 radical (unpaired) electrons. The quantitative estimate of drug-likeness (QED) is 0.486. The number of carbonyl (C=O) groups is 4. The highest BCUT2D eigenvalue weighted by Crippen LogP contribution is 2.40. The minimum absolute atomic E-state index is 0.200. The fourth-order valence-corrected chi connectivity index (χ4v) is 4.50. The van der Waals surface area contributed by atoms with E-state index in [-0.39, 0.29) is 18.1 Å². The minimum Gasteiger partial charge on any atom is -0.477 e. The summed E-state index contributed by atoms with van der Waals surface area (Å²) in [6, 6.07) is -1.56. The molecule has 0 aromatic carbocycles. The predicted octanol–water partition coefficient (Wildman–Crippen LogP) is 0.708. The zero-order valence-electron chi connectivity index (χ0n) is 15.8. The Bertz CT molecular complexity index is 910. The lowest BCUT2D eigenvalue weighted by Gasteiger charge is -2.49. The smallest absolute Gasteiger partial charge is 0.352 e. The topological polar surface area (TPSA) is 131 Å². The van der Waals surface area contributed by atoms with Crippen molar-refractivity contribution in [3.8, 4) is 0 Å². The summed E-state index contributed by atoms with van der Waals surface area (Å²) in [5, 5.41) is 16.2. The number of carbonyl (C=O) groups excluding carboxylic acids is 3. The Balaban J connectivity index is 1.72. The molecule has 1 aromatic rings. The summed E-state index contributed by atoms with van der Waals surface area (Å²) in [5.74, 6) is -2.54. The monoisotopic (exact) mass is 442 g/mol. The molecule has 0 bridgehead atoms. The van der Waals surface area contributed by atoms with Crippen LogP contribution in [0.5, 0.6) is 0 Å². The molecule has 1 fully saturated rings. The molecule has 2 aliphatic heterocycles. The maximum absolute atomic E-state index is 12.6. The summed E-state index contributed by atoms with van der Waals surface area (Å²) in [6.07, 6.45) is 1.53. The fourth-order valence-electron chi connectivity index (χ4n) is 3.03. The van der Waals surface area contributed by atoms with Gasteiger partial charge >= 0.3 is 11.9 Å². The molecule has 2 amide bonds. The van der Waals surface area contributed by atoms with Crippen molar-refractivity contribution in [1.82, 2.24) is 20.0 Å². The molecule has 0 aliphatic carbocycles. The van der Waals surface area contributed by atoms with Crippen LogP contribution < -0.4 is 5.32 Å². The van der Waals surface area contributed by atoms with E-state index in [0.29, 0.717) is 16.3 Å². The van der Waals surface area contributed by atoms with Gasteiger partial charge in [-0.05, 0) is 13.8 Å². The Morgan fingerprint density at radius 3 is 2.72 bits per heavy atom. The lowest BCUT2D eigenvalue weighted by molar-refractivity contribution is -0.151. The number of carboxylic acid groups (broad SMARTS) is 1. The van der Waals surface area contributed by atoms with Gasteiger partial charge in [-0.3, -0.25) is 24.0 Å². The average molecular weight is 443 g/mol. The number of thioether (sulfide) groups is 1. The molecule has 10 nitrogen and oxygen atoms in total. The van der Waals surface area contributed by atoms with E-state index in [9.17, 15) is 24.3 Å². The highest BCUT2D eigenvalue weighted by atomic mass is 35.5. The van der Waals surface area contributed by atoms with Crippen molar-refractivity contribution in [3.63, 3.8) is 0 Å². The maximum Gasteiger partial charge on any atom is 0.352 e. The van der Waals surface area contributed by atoms with Gasteiger partial charge in [0.25, 0.3) is 5.91 Å². The van der Waals surface area contributed by atoms with Crippen LogP contribution in [-0.4, -0.2) is 67.3 Å². The van der Waals surface area contributed by atoms with Gasteiger partial charge in [-0.25, -0.2) is 4.79 Å². The number of carboxylic acids is 1. The Morgan fingerprint density at radius 2 is 2.17 bits per heavy atom. The van der Waals surface area contributed by atoms with E-state index < -0.39 is 41.2 Å². The average Bonchev–Trinajstić information content (AvgIpc) is 3.00. The van der Waals surface area contributed by atoms with Gasteiger partial charge in [0.2, 0.25) is 5.91 Å². The molecule has 1 saturated heterocycles. The SMILES string of the molecule is CC(=O)OCC1=C(C(=O)O)N2C(=O)[C@H](NC(=O)[C@@H](C)n3cc(Cl)c(C)n3)[C@H]2SC1. The molecular weight excluding hydrogens is 424 g/mol. The van der Waals surface area contributed by atoms with Crippen LogP contribution in [0.25, 0.3) is 0 Å². The summed E-state index contributed by atoms with van der Waals surface area (Å²) >= 11 is 7.27. The fraction of sp³-hybridized carbons (Fsp3) is 0.471. The molecule has 156 valence electrons. The number of β-lactam (4-membered cyclic amide) rings is 1. The Labute approximate surface area is 175 Å². The van der Waals surface area contributed by atoms with E-state index in [1.54, 1.807) is 13.8 Å². The molecule has 3 rings (SSSR count). The van der Waals surface area contributed by atoms with Crippen molar-refractivity contribution in [2.45, 2.75) is 38.2 Å². The number of rotatable bonds is 6. The molecule has 0 saturated carbocycles. The molecule has 0 spiro atoms. The summed E-state index contributed by atoms with van der Waals surface area (Å²) in [5.41, 5.74) is 0.715. The first-order valence-corrected chi connectivity index (χ1v) is 10.1. The van der Waals surface area contributed by atoms with E-state index in [0.717, 1.165) is 4.90 Å². The number of halogens is 1. The molecule has 1 aromatic heterocycles. The number of aliphatic carboxylic acids is 1. The third-order valence-electron chi connectivity index (χ3n) is 4.63. The number of amides is 2. The van der Waals surface area contributed by atoms with E-state index in [1.165, 1.54) is 29.6 Å². The van der Waals surface area contributed by atoms with Crippen molar-refractivity contribution >= 4 is 47.1 Å². The highest BCUT2D eigenvalue weighted by Gasteiger charge is 2.54. The second-order valence-corrected chi connectivity index (χ2v) is 8.16. The van der Waals surface area contributed by atoms with Crippen molar-refractivity contribution in [1.29, 1.82) is 0 Å². The van der Waals surface area contributed by atoms with Gasteiger partial charge < -0.3 is 15.2 Å². The minimum atomic E-state index is -1.29. The zero-order valence-corrected chi connectivity index (χ0v) is 17.4. The lowest BCUT2D eigenvalue weighted by atomic mass is 10.0. The van der Waals surface area contributed by atoms with Crippen LogP contribution in [0.2, 0.25) is 5.02 Å². The molecule has 3 heterocycles. The van der Waals surface area contributed by atoms with E-state index in [1.807, 2.05) is 0 Å². The van der Waals surface area contributed by atoms with Gasteiger partial charge in [0.1, 0.15) is 29.8 Å². The van der Waals surface area contributed by atoms with Crippen LogP contribution in [0.4, 0.5) is 0 Å². The number of hydrogen-bond donors (Lipinski definition) is 2. The lowest BCUT2D eigenvalue weighted by Crippen LogP contribution is -2.71. The Kier molecular flexibility index (Phi) is 5.90. The first-order chi connectivity index (χ1) is 13.6. The highest BCUT2D eigenvalue weighted by molar-refractivity contribution is 8.00. The van der Waals surface area contributed by atoms with Gasteiger partial charge in [0, 0.05) is 24.4 Å². The molecule has 29 heavy (non-hydrogen) atoms. The molecule has 2 N–H and O–H groups in total. The number of esters is 1. The van der Waals surface area contributed by atoms with Gasteiger partial charge in [-0.15, -0.1) is 11.8 Å². The summed E-state index contributed by atoms with van der Waals surface area (Å²) < 4.78 is 6.29. The summed E-state index contributed by atoms with van der Waals surface area (Å²) in [7, 11) is 0. The third kappa shape index (κ3) is 3.97. The van der Waals surface area contributed by atoms with Crippen LogP contribution in [0.1, 0.15) is 25.6 Å².